The average Bonchev–Trinajstić information content (AvgIpc) is 2.98. The minimum Gasteiger partial charge on any atom is -0.382 e. The number of unbranched alkanes of at least 4 members (excludes halogenated alkanes) is 9. The predicted octanol–water partition coefficient (Wildman–Crippen LogP) is 4.70. The van der Waals surface area contributed by atoms with E-state index in [1.54, 1.807) is 7.11 Å². The highest BCUT2D eigenvalue weighted by atomic mass is 16.6. The summed E-state index contributed by atoms with van der Waals surface area (Å²) in [6.07, 6.45) is 13.5. The van der Waals surface area contributed by atoms with Crippen molar-refractivity contribution in [3.63, 3.8) is 0 Å². The Labute approximate surface area is 251 Å². The van der Waals surface area contributed by atoms with Gasteiger partial charge in [-0.2, -0.15) is 0 Å². The second-order valence-corrected chi connectivity index (χ2v) is 9.69. The Morgan fingerprint density at radius 1 is 0.244 bits per heavy atom. The smallest absolute Gasteiger partial charge is 0.0701 e. The molecule has 0 amide bonds. The summed E-state index contributed by atoms with van der Waals surface area (Å²) in [5.74, 6) is 0. The molecule has 0 heterocycles. The monoisotopic (exact) mass is 596 g/mol. The second-order valence-electron chi connectivity index (χ2n) is 9.69. The minimum atomic E-state index is 0.534. The average molecular weight is 597 g/mol. The lowest BCUT2D eigenvalue weighted by molar-refractivity contribution is -0.0259. The zero-order valence-electron chi connectivity index (χ0n) is 26.6. The van der Waals surface area contributed by atoms with Gasteiger partial charge in [-0.3, -0.25) is 0 Å². The van der Waals surface area contributed by atoms with Crippen LogP contribution < -0.4 is 0 Å². The van der Waals surface area contributed by atoms with Gasteiger partial charge in [-0.1, -0.05) is 64.7 Å². The zero-order chi connectivity index (χ0) is 29.6. The van der Waals surface area contributed by atoms with Gasteiger partial charge in [0.05, 0.1) is 119 Å². The highest BCUT2D eigenvalue weighted by molar-refractivity contribution is 4.47. The van der Waals surface area contributed by atoms with Crippen LogP contribution in [0.4, 0.5) is 0 Å². The van der Waals surface area contributed by atoms with Crippen molar-refractivity contribution < 1.29 is 47.4 Å². The van der Waals surface area contributed by atoms with E-state index in [1.807, 2.05) is 0 Å². The first-order valence-corrected chi connectivity index (χ1v) is 16.1. The van der Waals surface area contributed by atoms with E-state index in [0.717, 1.165) is 13.0 Å². The van der Waals surface area contributed by atoms with E-state index in [2.05, 4.69) is 6.92 Å². The lowest BCUT2D eigenvalue weighted by atomic mass is 10.1. The van der Waals surface area contributed by atoms with Crippen LogP contribution >= 0.6 is 0 Å². The van der Waals surface area contributed by atoms with Gasteiger partial charge in [0.1, 0.15) is 0 Å². The molecule has 0 fully saturated rings. The molecule has 41 heavy (non-hydrogen) atoms. The summed E-state index contributed by atoms with van der Waals surface area (Å²) in [6, 6.07) is 0. The summed E-state index contributed by atoms with van der Waals surface area (Å²) in [7, 11) is 1.65. The van der Waals surface area contributed by atoms with E-state index in [9.17, 15) is 0 Å². The molecule has 0 N–H and O–H groups in total. The fraction of sp³-hybridized carbons (Fsp3) is 1.00. The lowest BCUT2D eigenvalue weighted by Gasteiger charge is -2.09. The van der Waals surface area contributed by atoms with Crippen LogP contribution in [0.1, 0.15) is 71.1 Å². The van der Waals surface area contributed by atoms with Crippen molar-refractivity contribution in [2.75, 3.05) is 133 Å². The SMILES string of the molecule is CCCCCCCCCCCCOCCOCCOCCOCCOCCOCCOCCOCCOCCOC. The first kappa shape index (κ1) is 40.6. The van der Waals surface area contributed by atoms with Crippen molar-refractivity contribution in [1.82, 2.24) is 0 Å². The van der Waals surface area contributed by atoms with Gasteiger partial charge < -0.3 is 47.4 Å². The maximum absolute atomic E-state index is 5.64. The normalized spacial score (nSPS) is 11.6. The van der Waals surface area contributed by atoms with Gasteiger partial charge in [0, 0.05) is 13.7 Å². The Hall–Kier alpha value is -0.400. The molecule has 10 nitrogen and oxygen atoms in total. The van der Waals surface area contributed by atoms with Gasteiger partial charge in [0.15, 0.2) is 0 Å². The highest BCUT2D eigenvalue weighted by Gasteiger charge is 1.96. The summed E-state index contributed by atoms with van der Waals surface area (Å²) in [5, 5.41) is 0. The fourth-order valence-corrected chi connectivity index (χ4v) is 3.70. The second kappa shape index (κ2) is 39.6. The van der Waals surface area contributed by atoms with Gasteiger partial charge >= 0.3 is 0 Å². The standard InChI is InChI=1S/C31H64O10/c1-3-4-5-6-7-8-9-10-11-12-13-33-16-17-35-20-21-37-24-25-39-28-29-41-31-30-40-27-26-38-23-22-36-19-18-34-15-14-32-2/h3-31H2,1-2H3. The van der Waals surface area contributed by atoms with Crippen LogP contribution in [0.25, 0.3) is 0 Å². The van der Waals surface area contributed by atoms with E-state index < -0.39 is 0 Å². The summed E-state index contributed by atoms with van der Waals surface area (Å²) >= 11 is 0. The topological polar surface area (TPSA) is 92.3 Å². The fourth-order valence-electron chi connectivity index (χ4n) is 3.70. The van der Waals surface area contributed by atoms with Crippen molar-refractivity contribution in [3.05, 3.63) is 0 Å². The Bertz CT molecular complexity index is 407. The first-order valence-electron chi connectivity index (χ1n) is 16.1. The summed E-state index contributed by atoms with van der Waals surface area (Å²) in [5.41, 5.74) is 0. The molecule has 0 unspecified atom stereocenters. The van der Waals surface area contributed by atoms with Crippen LogP contribution in [0, 0.1) is 0 Å². The molecule has 248 valence electrons. The molecule has 0 aliphatic heterocycles. The summed E-state index contributed by atoms with van der Waals surface area (Å²) < 4.78 is 54.2. The highest BCUT2D eigenvalue weighted by Crippen LogP contribution is 2.10. The van der Waals surface area contributed by atoms with E-state index in [0.29, 0.717) is 119 Å². The summed E-state index contributed by atoms with van der Waals surface area (Å²) in [6.45, 7) is 13.2. The molecule has 0 spiro atoms. The molecule has 0 aromatic rings. The van der Waals surface area contributed by atoms with Crippen LogP contribution in [0.3, 0.4) is 0 Å². The molecule has 0 aliphatic rings. The molecular formula is C31H64O10. The molecule has 0 aromatic carbocycles. The number of ether oxygens (including phenoxy) is 10. The number of methoxy groups -OCH3 is 1. The van der Waals surface area contributed by atoms with Gasteiger partial charge in [0.2, 0.25) is 0 Å². The van der Waals surface area contributed by atoms with Crippen LogP contribution in [-0.2, 0) is 47.4 Å². The zero-order valence-corrected chi connectivity index (χ0v) is 26.6. The quantitative estimate of drug-likeness (QED) is 0.0934. The Balaban J connectivity index is 3.02. The molecule has 0 saturated carbocycles. The van der Waals surface area contributed by atoms with E-state index in [1.165, 1.54) is 57.8 Å². The molecule has 0 atom stereocenters. The van der Waals surface area contributed by atoms with Crippen molar-refractivity contribution in [1.29, 1.82) is 0 Å². The molecule has 0 aliphatic carbocycles. The molecule has 10 heteroatoms. The van der Waals surface area contributed by atoms with Crippen molar-refractivity contribution in [3.8, 4) is 0 Å². The van der Waals surface area contributed by atoms with Crippen LogP contribution in [0.15, 0.2) is 0 Å². The van der Waals surface area contributed by atoms with E-state index >= 15 is 0 Å². The number of hydrogen-bond acceptors (Lipinski definition) is 10. The minimum absolute atomic E-state index is 0.534. The number of rotatable bonds is 38. The third-order valence-corrected chi connectivity index (χ3v) is 6.05. The first-order chi connectivity index (χ1) is 20.4. The van der Waals surface area contributed by atoms with Crippen LogP contribution in [-0.4, -0.2) is 133 Å². The van der Waals surface area contributed by atoms with Crippen LogP contribution in [0.5, 0.6) is 0 Å². The maximum atomic E-state index is 5.64. The van der Waals surface area contributed by atoms with Crippen molar-refractivity contribution in [2.45, 2.75) is 71.1 Å². The van der Waals surface area contributed by atoms with Crippen molar-refractivity contribution >= 4 is 0 Å². The van der Waals surface area contributed by atoms with Gasteiger partial charge in [-0.05, 0) is 6.42 Å². The molecule has 0 rings (SSSR count). The number of hydrogen-bond donors (Lipinski definition) is 0. The largest absolute Gasteiger partial charge is 0.382 e. The molecular weight excluding hydrogens is 532 g/mol. The van der Waals surface area contributed by atoms with Crippen molar-refractivity contribution in [2.24, 2.45) is 0 Å². The maximum Gasteiger partial charge on any atom is 0.0701 e. The van der Waals surface area contributed by atoms with E-state index in [-0.39, 0.29) is 0 Å². The van der Waals surface area contributed by atoms with Gasteiger partial charge in [-0.25, -0.2) is 0 Å². The van der Waals surface area contributed by atoms with Crippen LogP contribution in [0.2, 0.25) is 0 Å². The van der Waals surface area contributed by atoms with Gasteiger partial charge in [-0.15, -0.1) is 0 Å². The lowest BCUT2D eigenvalue weighted by Crippen LogP contribution is -2.15. The van der Waals surface area contributed by atoms with Gasteiger partial charge in [0.25, 0.3) is 0 Å². The Kier molecular flexibility index (Phi) is 39.2. The predicted molar refractivity (Wildman–Crippen MR) is 161 cm³/mol. The summed E-state index contributed by atoms with van der Waals surface area (Å²) in [4.78, 5) is 0. The molecule has 0 radical (unpaired) electrons. The Morgan fingerprint density at radius 3 is 0.732 bits per heavy atom. The van der Waals surface area contributed by atoms with E-state index in [4.69, 9.17) is 47.4 Å². The molecule has 0 bridgehead atoms. The molecule has 0 saturated heterocycles. The third-order valence-electron chi connectivity index (χ3n) is 6.05. The molecule has 0 aromatic heterocycles. The Morgan fingerprint density at radius 2 is 0.463 bits per heavy atom. The third kappa shape index (κ3) is 39.6.